The number of amides is 1. The molecule has 5 nitrogen and oxygen atoms in total. The monoisotopic (exact) mass is 320 g/mol. The summed E-state index contributed by atoms with van der Waals surface area (Å²) >= 11 is 0. The van der Waals surface area contributed by atoms with Crippen LogP contribution >= 0.6 is 0 Å². The molecular weight excluding hydrogens is 300 g/mol. The molecule has 1 aliphatic rings. The molecule has 1 amide bonds. The van der Waals surface area contributed by atoms with E-state index in [-0.39, 0.29) is 29.9 Å². The van der Waals surface area contributed by atoms with Crippen molar-refractivity contribution in [3.05, 3.63) is 35.4 Å². The van der Waals surface area contributed by atoms with Crippen LogP contribution in [0, 0.1) is 11.3 Å². The second kappa shape index (κ2) is 6.93. The lowest BCUT2D eigenvalue weighted by atomic mass is 10.1. The highest BCUT2D eigenvalue weighted by Crippen LogP contribution is 2.19. The zero-order valence-electron chi connectivity index (χ0n) is 12.7. The summed E-state index contributed by atoms with van der Waals surface area (Å²) in [6, 6.07) is 8.76. The topological polar surface area (TPSA) is 78.2 Å². The van der Waals surface area contributed by atoms with Crippen molar-refractivity contribution in [2.45, 2.75) is 32.2 Å². The van der Waals surface area contributed by atoms with Crippen LogP contribution in [0.25, 0.3) is 0 Å². The number of hydrogen-bond donors (Lipinski definition) is 0. The molecule has 1 aromatic rings. The maximum atomic E-state index is 12.5. The number of rotatable bonds is 5. The highest BCUT2D eigenvalue weighted by molar-refractivity contribution is 7.91. The molecule has 0 radical (unpaired) electrons. The Morgan fingerprint density at radius 3 is 2.55 bits per heavy atom. The van der Waals surface area contributed by atoms with E-state index in [9.17, 15) is 13.2 Å². The first-order chi connectivity index (χ1) is 10.4. The van der Waals surface area contributed by atoms with E-state index in [0.29, 0.717) is 18.5 Å². The zero-order valence-corrected chi connectivity index (χ0v) is 13.5. The van der Waals surface area contributed by atoms with E-state index >= 15 is 0 Å². The molecule has 1 fully saturated rings. The van der Waals surface area contributed by atoms with Gasteiger partial charge in [0.05, 0.1) is 29.6 Å². The Kier molecular flexibility index (Phi) is 5.19. The summed E-state index contributed by atoms with van der Waals surface area (Å²) in [6.07, 6.45) is 1.57. The highest BCUT2D eigenvalue weighted by Gasteiger charge is 2.34. The van der Waals surface area contributed by atoms with Crippen LogP contribution in [0.5, 0.6) is 0 Å². The van der Waals surface area contributed by atoms with Gasteiger partial charge in [0.2, 0.25) is 5.91 Å². The van der Waals surface area contributed by atoms with Crippen LogP contribution in [0.15, 0.2) is 24.3 Å². The van der Waals surface area contributed by atoms with Crippen molar-refractivity contribution in [3.63, 3.8) is 0 Å². The van der Waals surface area contributed by atoms with Crippen molar-refractivity contribution < 1.29 is 13.2 Å². The Hall–Kier alpha value is -1.87. The molecule has 0 spiro atoms. The quantitative estimate of drug-likeness (QED) is 0.824. The van der Waals surface area contributed by atoms with E-state index in [0.717, 1.165) is 12.0 Å². The van der Waals surface area contributed by atoms with Gasteiger partial charge in [-0.2, -0.15) is 5.26 Å². The number of nitrogens with zero attached hydrogens (tertiary/aromatic N) is 2. The van der Waals surface area contributed by atoms with Crippen LogP contribution in [0.1, 0.15) is 30.9 Å². The normalized spacial score (nSPS) is 19.5. The molecule has 0 N–H and O–H groups in total. The second-order valence-corrected chi connectivity index (χ2v) is 7.86. The first kappa shape index (κ1) is 16.5. The Bertz CT molecular complexity index is 674. The molecule has 1 unspecified atom stereocenters. The molecule has 0 aromatic heterocycles. The van der Waals surface area contributed by atoms with Crippen LogP contribution < -0.4 is 0 Å². The van der Waals surface area contributed by atoms with Gasteiger partial charge in [0.25, 0.3) is 0 Å². The van der Waals surface area contributed by atoms with Gasteiger partial charge in [-0.05, 0) is 30.5 Å². The van der Waals surface area contributed by atoms with E-state index in [1.165, 1.54) is 0 Å². The Labute approximate surface area is 131 Å². The van der Waals surface area contributed by atoms with Crippen molar-refractivity contribution >= 4 is 15.7 Å². The maximum Gasteiger partial charge on any atom is 0.227 e. The number of carbonyl (C=O) groups excluding carboxylic acids is 1. The molecule has 1 atom stereocenters. The zero-order chi connectivity index (χ0) is 16.2. The van der Waals surface area contributed by atoms with Crippen LogP contribution in [-0.2, 0) is 21.1 Å². The summed E-state index contributed by atoms with van der Waals surface area (Å²) in [5.41, 5.74) is 1.40. The summed E-state index contributed by atoms with van der Waals surface area (Å²) in [6.45, 7) is 2.56. The van der Waals surface area contributed by atoms with Gasteiger partial charge in [0.1, 0.15) is 0 Å². The molecule has 0 saturated carbocycles. The predicted molar refractivity (Wildman–Crippen MR) is 83.9 cm³/mol. The molecule has 6 heteroatoms. The Balaban J connectivity index is 2.07. The molecule has 2 rings (SSSR count). The summed E-state index contributed by atoms with van der Waals surface area (Å²) in [7, 11) is -3.00. The molecule has 1 aromatic carbocycles. The molecule has 1 saturated heterocycles. The Morgan fingerprint density at radius 2 is 2.05 bits per heavy atom. The lowest BCUT2D eigenvalue weighted by Crippen LogP contribution is -2.42. The van der Waals surface area contributed by atoms with E-state index < -0.39 is 9.84 Å². The van der Waals surface area contributed by atoms with E-state index in [1.54, 1.807) is 29.2 Å². The van der Waals surface area contributed by atoms with Gasteiger partial charge in [-0.3, -0.25) is 4.79 Å². The minimum atomic E-state index is -3.00. The van der Waals surface area contributed by atoms with Gasteiger partial charge in [0.15, 0.2) is 9.84 Å². The van der Waals surface area contributed by atoms with Gasteiger partial charge >= 0.3 is 0 Å². The highest BCUT2D eigenvalue weighted by atomic mass is 32.2. The van der Waals surface area contributed by atoms with Gasteiger partial charge in [0, 0.05) is 12.6 Å². The van der Waals surface area contributed by atoms with Crippen LogP contribution in [0.2, 0.25) is 0 Å². The molecule has 118 valence electrons. The van der Waals surface area contributed by atoms with Gasteiger partial charge in [-0.15, -0.1) is 0 Å². The minimum absolute atomic E-state index is 0.0475. The average molecular weight is 320 g/mol. The van der Waals surface area contributed by atoms with Crippen LogP contribution in [-0.4, -0.2) is 43.3 Å². The largest absolute Gasteiger partial charge is 0.338 e. The van der Waals surface area contributed by atoms with E-state index in [2.05, 4.69) is 0 Å². The van der Waals surface area contributed by atoms with E-state index in [4.69, 9.17) is 5.26 Å². The standard InChI is InChI=1S/C16H20N2O3S/c1-2-8-18(15-7-9-22(20,21)12-15)16(19)10-13-3-5-14(11-17)6-4-13/h3-6,15H,2,7-10,12H2,1H3. The van der Waals surface area contributed by atoms with Gasteiger partial charge in [-0.25, -0.2) is 8.42 Å². The van der Waals surface area contributed by atoms with Crippen molar-refractivity contribution in [2.75, 3.05) is 18.1 Å². The summed E-state index contributed by atoms with van der Waals surface area (Å²) in [5, 5.41) is 8.78. The fraction of sp³-hybridized carbons (Fsp3) is 0.500. The Morgan fingerprint density at radius 1 is 1.36 bits per heavy atom. The SMILES string of the molecule is CCCN(C(=O)Cc1ccc(C#N)cc1)C1CCS(=O)(=O)C1. The molecule has 22 heavy (non-hydrogen) atoms. The molecule has 1 aliphatic heterocycles. The third kappa shape index (κ3) is 4.08. The maximum absolute atomic E-state index is 12.5. The predicted octanol–water partition coefficient (Wildman–Crippen LogP) is 1.53. The third-order valence-electron chi connectivity index (χ3n) is 3.87. The summed E-state index contributed by atoms with van der Waals surface area (Å²) < 4.78 is 23.3. The van der Waals surface area contributed by atoms with Crippen molar-refractivity contribution in [2.24, 2.45) is 0 Å². The van der Waals surface area contributed by atoms with Gasteiger partial charge in [-0.1, -0.05) is 19.1 Å². The van der Waals surface area contributed by atoms with E-state index in [1.807, 2.05) is 13.0 Å². The number of carbonyl (C=O) groups is 1. The van der Waals surface area contributed by atoms with Crippen molar-refractivity contribution in [3.8, 4) is 6.07 Å². The van der Waals surface area contributed by atoms with Crippen molar-refractivity contribution in [1.82, 2.24) is 4.90 Å². The number of benzene rings is 1. The number of sulfone groups is 1. The summed E-state index contributed by atoms with van der Waals surface area (Å²) in [4.78, 5) is 14.2. The van der Waals surface area contributed by atoms with Crippen LogP contribution in [0.4, 0.5) is 0 Å². The minimum Gasteiger partial charge on any atom is -0.338 e. The smallest absolute Gasteiger partial charge is 0.227 e. The lowest BCUT2D eigenvalue weighted by molar-refractivity contribution is -0.132. The van der Waals surface area contributed by atoms with Crippen LogP contribution in [0.3, 0.4) is 0 Å². The number of hydrogen-bond acceptors (Lipinski definition) is 4. The fourth-order valence-corrected chi connectivity index (χ4v) is 4.48. The molecular formula is C16H20N2O3S. The van der Waals surface area contributed by atoms with Crippen molar-refractivity contribution in [1.29, 1.82) is 5.26 Å². The van der Waals surface area contributed by atoms with Gasteiger partial charge < -0.3 is 4.90 Å². The number of nitriles is 1. The summed E-state index contributed by atoms with van der Waals surface area (Å²) in [5.74, 6) is 0.197. The average Bonchev–Trinajstić information content (AvgIpc) is 2.85. The second-order valence-electron chi connectivity index (χ2n) is 5.63. The fourth-order valence-electron chi connectivity index (χ4n) is 2.75. The molecule has 1 heterocycles. The lowest BCUT2D eigenvalue weighted by Gasteiger charge is -2.28. The first-order valence-corrected chi connectivity index (χ1v) is 9.26. The molecule has 0 bridgehead atoms. The third-order valence-corrected chi connectivity index (χ3v) is 5.62. The molecule has 0 aliphatic carbocycles. The first-order valence-electron chi connectivity index (χ1n) is 7.44.